The Labute approximate surface area is 59.9 Å². The molecule has 0 saturated heterocycles. The standard InChI is InChI=1S/C8H9NO/c1-7(6-10)8-2-4-9-5-3-8/h2-5,10H,1,6H2. The third-order valence-electron chi connectivity index (χ3n) is 1.28. The maximum atomic E-state index is 8.67. The Bertz CT molecular complexity index is 218. The van der Waals surface area contributed by atoms with E-state index >= 15 is 0 Å². The summed E-state index contributed by atoms with van der Waals surface area (Å²) in [5.74, 6) is 0. The van der Waals surface area contributed by atoms with Gasteiger partial charge in [-0.2, -0.15) is 0 Å². The van der Waals surface area contributed by atoms with Gasteiger partial charge in [0.1, 0.15) is 0 Å². The molecule has 1 heterocycles. The van der Waals surface area contributed by atoms with Crippen LogP contribution in [-0.4, -0.2) is 16.7 Å². The van der Waals surface area contributed by atoms with Crippen molar-refractivity contribution in [3.63, 3.8) is 0 Å². The summed E-state index contributed by atoms with van der Waals surface area (Å²) >= 11 is 0. The summed E-state index contributed by atoms with van der Waals surface area (Å²) in [6.07, 6.45) is 3.35. The quantitative estimate of drug-likeness (QED) is 0.658. The van der Waals surface area contributed by atoms with Crippen molar-refractivity contribution in [3.8, 4) is 0 Å². The fraction of sp³-hybridized carbons (Fsp3) is 0.125. The Morgan fingerprint density at radius 2 is 2.10 bits per heavy atom. The number of aromatic nitrogens is 1. The second kappa shape index (κ2) is 3.13. The lowest BCUT2D eigenvalue weighted by molar-refractivity contribution is 0.350. The predicted octanol–water partition coefficient (Wildman–Crippen LogP) is 1.09. The molecule has 0 saturated carbocycles. The fourth-order valence-corrected chi connectivity index (χ4v) is 0.679. The first-order chi connectivity index (χ1) is 4.84. The van der Waals surface area contributed by atoms with Crippen molar-refractivity contribution in [3.05, 3.63) is 36.7 Å². The molecule has 0 bridgehead atoms. The fourth-order valence-electron chi connectivity index (χ4n) is 0.679. The van der Waals surface area contributed by atoms with Gasteiger partial charge >= 0.3 is 0 Å². The van der Waals surface area contributed by atoms with Crippen molar-refractivity contribution < 1.29 is 5.11 Å². The minimum absolute atomic E-state index is 0.00398. The number of aliphatic hydroxyl groups is 1. The van der Waals surface area contributed by atoms with Crippen LogP contribution in [0.25, 0.3) is 5.57 Å². The summed E-state index contributed by atoms with van der Waals surface area (Å²) < 4.78 is 0. The molecule has 1 N–H and O–H groups in total. The number of nitrogens with zero attached hydrogens (tertiary/aromatic N) is 1. The van der Waals surface area contributed by atoms with Crippen LogP contribution in [0.3, 0.4) is 0 Å². The Morgan fingerprint density at radius 3 is 2.60 bits per heavy atom. The largest absolute Gasteiger partial charge is 0.392 e. The van der Waals surface area contributed by atoms with Crippen LogP contribution in [0.2, 0.25) is 0 Å². The molecule has 0 unspecified atom stereocenters. The van der Waals surface area contributed by atoms with Crippen molar-refractivity contribution in [2.45, 2.75) is 0 Å². The van der Waals surface area contributed by atoms with Gasteiger partial charge in [-0.05, 0) is 23.3 Å². The Hall–Kier alpha value is -1.15. The highest BCUT2D eigenvalue weighted by Gasteiger charge is 1.93. The van der Waals surface area contributed by atoms with E-state index < -0.39 is 0 Å². The topological polar surface area (TPSA) is 33.1 Å². The summed E-state index contributed by atoms with van der Waals surface area (Å²) in [7, 11) is 0. The Kier molecular flexibility index (Phi) is 2.18. The van der Waals surface area contributed by atoms with Crippen LogP contribution in [0.5, 0.6) is 0 Å². The van der Waals surface area contributed by atoms with Gasteiger partial charge in [0.15, 0.2) is 0 Å². The summed E-state index contributed by atoms with van der Waals surface area (Å²) in [6, 6.07) is 3.64. The number of aliphatic hydroxyl groups excluding tert-OH is 1. The first-order valence-corrected chi connectivity index (χ1v) is 3.03. The average Bonchev–Trinajstić information content (AvgIpc) is 2.05. The molecule has 2 heteroatoms. The first kappa shape index (κ1) is 6.96. The number of pyridine rings is 1. The maximum Gasteiger partial charge on any atom is 0.0681 e. The third-order valence-corrected chi connectivity index (χ3v) is 1.28. The van der Waals surface area contributed by atoms with Crippen molar-refractivity contribution in [2.75, 3.05) is 6.61 Å². The molecule has 1 aromatic rings. The van der Waals surface area contributed by atoms with Crippen molar-refractivity contribution in [1.82, 2.24) is 4.98 Å². The molecule has 2 nitrogen and oxygen atoms in total. The predicted molar refractivity (Wildman–Crippen MR) is 40.4 cm³/mol. The highest BCUT2D eigenvalue weighted by Crippen LogP contribution is 2.07. The molecule has 1 aromatic heterocycles. The van der Waals surface area contributed by atoms with E-state index in [4.69, 9.17) is 5.11 Å². The van der Waals surface area contributed by atoms with E-state index in [0.717, 1.165) is 11.1 Å². The Morgan fingerprint density at radius 1 is 1.50 bits per heavy atom. The molecular weight excluding hydrogens is 126 g/mol. The zero-order valence-electron chi connectivity index (χ0n) is 5.62. The summed E-state index contributed by atoms with van der Waals surface area (Å²) in [5, 5.41) is 8.67. The number of hydrogen-bond acceptors (Lipinski definition) is 2. The van der Waals surface area contributed by atoms with Gasteiger partial charge in [0.2, 0.25) is 0 Å². The van der Waals surface area contributed by atoms with Crippen LogP contribution in [0.4, 0.5) is 0 Å². The van der Waals surface area contributed by atoms with E-state index in [1.807, 2.05) is 12.1 Å². The average molecular weight is 135 g/mol. The van der Waals surface area contributed by atoms with E-state index in [1.54, 1.807) is 12.4 Å². The van der Waals surface area contributed by atoms with Crippen molar-refractivity contribution in [2.24, 2.45) is 0 Å². The molecule has 0 aliphatic heterocycles. The van der Waals surface area contributed by atoms with Crippen molar-refractivity contribution in [1.29, 1.82) is 0 Å². The molecule has 0 spiro atoms. The molecule has 0 radical (unpaired) electrons. The van der Waals surface area contributed by atoms with Crippen LogP contribution in [0.15, 0.2) is 31.1 Å². The van der Waals surface area contributed by atoms with Gasteiger partial charge < -0.3 is 5.11 Å². The first-order valence-electron chi connectivity index (χ1n) is 3.03. The molecular formula is C8H9NO. The molecule has 0 atom stereocenters. The third kappa shape index (κ3) is 1.42. The molecule has 52 valence electrons. The van der Waals surface area contributed by atoms with Crippen LogP contribution in [0.1, 0.15) is 5.56 Å². The summed E-state index contributed by atoms with van der Waals surface area (Å²) in [6.45, 7) is 3.67. The SMILES string of the molecule is C=C(CO)c1ccncc1. The lowest BCUT2D eigenvalue weighted by Crippen LogP contribution is -1.87. The maximum absolute atomic E-state index is 8.67. The molecule has 1 rings (SSSR count). The second-order valence-electron chi connectivity index (χ2n) is 2.00. The lowest BCUT2D eigenvalue weighted by atomic mass is 10.1. The number of rotatable bonds is 2. The zero-order valence-corrected chi connectivity index (χ0v) is 5.62. The molecule has 0 aromatic carbocycles. The summed E-state index contributed by atoms with van der Waals surface area (Å²) in [5.41, 5.74) is 1.67. The van der Waals surface area contributed by atoms with E-state index in [1.165, 1.54) is 0 Å². The highest BCUT2D eigenvalue weighted by atomic mass is 16.3. The van der Waals surface area contributed by atoms with Crippen LogP contribution in [-0.2, 0) is 0 Å². The molecule has 0 amide bonds. The van der Waals surface area contributed by atoms with Crippen molar-refractivity contribution >= 4 is 5.57 Å². The van der Waals surface area contributed by atoms with Crippen LogP contribution < -0.4 is 0 Å². The summed E-state index contributed by atoms with van der Waals surface area (Å²) in [4.78, 5) is 3.84. The highest BCUT2D eigenvalue weighted by molar-refractivity contribution is 5.63. The molecule has 0 aliphatic carbocycles. The molecule has 0 fully saturated rings. The van der Waals surface area contributed by atoms with Gasteiger partial charge in [-0.25, -0.2) is 0 Å². The normalized spacial score (nSPS) is 9.30. The smallest absolute Gasteiger partial charge is 0.0681 e. The lowest BCUT2D eigenvalue weighted by Gasteiger charge is -1.98. The van der Waals surface area contributed by atoms with Gasteiger partial charge in [-0.3, -0.25) is 4.98 Å². The van der Waals surface area contributed by atoms with Gasteiger partial charge in [0, 0.05) is 12.4 Å². The second-order valence-corrected chi connectivity index (χ2v) is 2.00. The van der Waals surface area contributed by atoms with Crippen LogP contribution >= 0.6 is 0 Å². The monoisotopic (exact) mass is 135 g/mol. The minimum Gasteiger partial charge on any atom is -0.392 e. The number of hydrogen-bond donors (Lipinski definition) is 1. The van der Waals surface area contributed by atoms with Gasteiger partial charge in [0.25, 0.3) is 0 Å². The van der Waals surface area contributed by atoms with Gasteiger partial charge in [-0.1, -0.05) is 6.58 Å². The van der Waals surface area contributed by atoms with E-state index in [0.29, 0.717) is 0 Å². The van der Waals surface area contributed by atoms with Gasteiger partial charge in [-0.15, -0.1) is 0 Å². The molecule has 0 aliphatic rings. The van der Waals surface area contributed by atoms with E-state index in [9.17, 15) is 0 Å². The Balaban J connectivity index is 2.85. The van der Waals surface area contributed by atoms with Crippen LogP contribution in [0, 0.1) is 0 Å². The zero-order chi connectivity index (χ0) is 7.40. The van der Waals surface area contributed by atoms with E-state index in [2.05, 4.69) is 11.6 Å². The van der Waals surface area contributed by atoms with Gasteiger partial charge in [0.05, 0.1) is 6.61 Å². The minimum atomic E-state index is 0.00398. The molecule has 10 heavy (non-hydrogen) atoms. The van der Waals surface area contributed by atoms with E-state index in [-0.39, 0.29) is 6.61 Å².